The minimum atomic E-state index is 0.00376. The highest BCUT2D eigenvalue weighted by molar-refractivity contribution is 5.56. The van der Waals surface area contributed by atoms with Gasteiger partial charge in [-0.2, -0.15) is 0 Å². The van der Waals surface area contributed by atoms with Gasteiger partial charge >= 0.3 is 0 Å². The molecule has 2 aromatic carbocycles. The van der Waals surface area contributed by atoms with Crippen LogP contribution in [0.2, 0.25) is 0 Å². The fraction of sp³-hybridized carbons (Fsp3) is 0.458. The second-order valence-electron chi connectivity index (χ2n) is 8.49. The maximum Gasteiger partial charge on any atom is 0.173 e. The molecule has 0 radical (unpaired) electrons. The number of piperazine rings is 1. The molecule has 2 heterocycles. The highest BCUT2D eigenvalue weighted by atomic mass is 16.5. The molecule has 1 aliphatic rings. The summed E-state index contributed by atoms with van der Waals surface area (Å²) in [4.78, 5) is 4.99. The molecule has 0 aliphatic carbocycles. The molecule has 1 atom stereocenters. The van der Waals surface area contributed by atoms with Crippen molar-refractivity contribution in [2.75, 3.05) is 38.2 Å². The lowest BCUT2D eigenvalue weighted by Gasteiger charge is -2.40. The molecule has 0 spiro atoms. The van der Waals surface area contributed by atoms with Crippen LogP contribution in [0.3, 0.4) is 0 Å². The largest absolute Gasteiger partial charge is 0.497 e. The molecule has 0 bridgehead atoms. The third-order valence-corrected chi connectivity index (χ3v) is 6.28. The predicted octanol–water partition coefficient (Wildman–Crippen LogP) is 3.79. The molecule has 7 nitrogen and oxygen atoms in total. The first kappa shape index (κ1) is 21.3. The van der Waals surface area contributed by atoms with Gasteiger partial charge in [0.15, 0.2) is 5.82 Å². The number of rotatable bonds is 6. The number of nitrogens with zero attached hydrogens (tertiary/aromatic N) is 6. The van der Waals surface area contributed by atoms with Gasteiger partial charge in [-0.05, 0) is 73.0 Å². The average molecular weight is 421 g/mol. The normalized spacial score (nSPS) is 16.0. The van der Waals surface area contributed by atoms with E-state index in [4.69, 9.17) is 4.74 Å². The van der Waals surface area contributed by atoms with Gasteiger partial charge in [0.05, 0.1) is 19.2 Å². The zero-order valence-corrected chi connectivity index (χ0v) is 19.1. The minimum absolute atomic E-state index is 0.00376. The van der Waals surface area contributed by atoms with Crippen LogP contribution < -0.4 is 9.64 Å². The number of ether oxygens (including phenoxy) is 1. The Morgan fingerprint density at radius 3 is 2.29 bits per heavy atom. The molecular formula is C24H32N6O. The topological polar surface area (TPSA) is 59.3 Å². The van der Waals surface area contributed by atoms with Crippen molar-refractivity contribution in [2.24, 2.45) is 0 Å². The van der Waals surface area contributed by atoms with Crippen LogP contribution in [-0.2, 0) is 0 Å². The van der Waals surface area contributed by atoms with E-state index in [1.54, 1.807) is 7.11 Å². The van der Waals surface area contributed by atoms with E-state index in [0.717, 1.165) is 37.8 Å². The van der Waals surface area contributed by atoms with E-state index in [-0.39, 0.29) is 12.1 Å². The van der Waals surface area contributed by atoms with Crippen LogP contribution >= 0.6 is 0 Å². The van der Waals surface area contributed by atoms with Crippen molar-refractivity contribution in [3.63, 3.8) is 0 Å². The first-order valence-electron chi connectivity index (χ1n) is 11.0. The summed E-state index contributed by atoms with van der Waals surface area (Å²) in [5.41, 5.74) is 5.23. The van der Waals surface area contributed by atoms with E-state index >= 15 is 0 Å². The highest BCUT2D eigenvalue weighted by Gasteiger charge is 2.31. The van der Waals surface area contributed by atoms with Gasteiger partial charge in [0.2, 0.25) is 0 Å². The van der Waals surface area contributed by atoms with Gasteiger partial charge in [-0.25, -0.2) is 4.68 Å². The summed E-state index contributed by atoms with van der Waals surface area (Å²) in [6.45, 7) is 12.5. The second-order valence-corrected chi connectivity index (χ2v) is 8.49. The van der Waals surface area contributed by atoms with Crippen molar-refractivity contribution >= 4 is 5.69 Å². The van der Waals surface area contributed by atoms with Crippen molar-refractivity contribution in [1.82, 2.24) is 25.1 Å². The van der Waals surface area contributed by atoms with E-state index < -0.39 is 0 Å². The molecule has 3 aromatic rings. The number of aryl methyl sites for hydroxylation is 1. The fourth-order valence-corrected chi connectivity index (χ4v) is 4.36. The fourth-order valence-electron chi connectivity index (χ4n) is 4.36. The lowest BCUT2D eigenvalue weighted by atomic mass is 10.0. The van der Waals surface area contributed by atoms with Crippen molar-refractivity contribution in [3.05, 3.63) is 65.0 Å². The number of methoxy groups -OCH3 is 1. The Hall–Kier alpha value is -2.93. The summed E-state index contributed by atoms with van der Waals surface area (Å²) in [6.07, 6.45) is 0. The van der Waals surface area contributed by atoms with Crippen molar-refractivity contribution in [3.8, 4) is 5.75 Å². The van der Waals surface area contributed by atoms with Crippen LogP contribution in [0, 0.1) is 13.8 Å². The van der Waals surface area contributed by atoms with Crippen LogP contribution in [0.25, 0.3) is 0 Å². The molecule has 1 saturated heterocycles. The van der Waals surface area contributed by atoms with Crippen molar-refractivity contribution in [1.29, 1.82) is 0 Å². The Labute approximate surface area is 184 Å². The Morgan fingerprint density at radius 2 is 1.65 bits per heavy atom. The van der Waals surface area contributed by atoms with E-state index in [1.165, 1.54) is 22.4 Å². The predicted molar refractivity (Wildman–Crippen MR) is 123 cm³/mol. The zero-order chi connectivity index (χ0) is 22.0. The molecule has 1 fully saturated rings. The molecule has 31 heavy (non-hydrogen) atoms. The van der Waals surface area contributed by atoms with Crippen LogP contribution in [0.15, 0.2) is 42.5 Å². The van der Waals surface area contributed by atoms with Crippen LogP contribution in [0.4, 0.5) is 5.69 Å². The van der Waals surface area contributed by atoms with Gasteiger partial charge in [0.1, 0.15) is 5.75 Å². The molecule has 0 amide bonds. The molecular weight excluding hydrogens is 388 g/mol. The summed E-state index contributed by atoms with van der Waals surface area (Å²) in [5.74, 6) is 1.74. The van der Waals surface area contributed by atoms with Crippen LogP contribution in [0.5, 0.6) is 5.75 Å². The smallest absolute Gasteiger partial charge is 0.173 e. The van der Waals surface area contributed by atoms with Crippen molar-refractivity contribution < 1.29 is 4.74 Å². The molecule has 1 unspecified atom stereocenters. The Kier molecular flexibility index (Phi) is 6.23. The summed E-state index contributed by atoms with van der Waals surface area (Å²) in [7, 11) is 1.69. The first-order chi connectivity index (χ1) is 15.0. The van der Waals surface area contributed by atoms with Gasteiger partial charge < -0.3 is 9.64 Å². The van der Waals surface area contributed by atoms with Gasteiger partial charge in [-0.3, -0.25) is 4.90 Å². The SMILES string of the molecule is COc1ccc(C(c2nnnn2C(C)C)N2CCN(c3cccc(C)c3C)CC2)cc1. The number of tetrazole rings is 1. The molecule has 1 aliphatic heterocycles. The average Bonchev–Trinajstić information content (AvgIpc) is 3.27. The molecule has 0 saturated carbocycles. The van der Waals surface area contributed by atoms with E-state index in [1.807, 2.05) is 16.8 Å². The summed E-state index contributed by atoms with van der Waals surface area (Å²) in [5, 5.41) is 12.7. The lowest BCUT2D eigenvalue weighted by molar-refractivity contribution is 0.199. The number of aromatic nitrogens is 4. The monoisotopic (exact) mass is 420 g/mol. The minimum Gasteiger partial charge on any atom is -0.497 e. The molecule has 4 rings (SSSR count). The van der Waals surface area contributed by atoms with Crippen LogP contribution in [0.1, 0.15) is 48.4 Å². The van der Waals surface area contributed by atoms with Crippen LogP contribution in [-0.4, -0.2) is 58.4 Å². The highest BCUT2D eigenvalue weighted by Crippen LogP contribution is 2.32. The number of benzene rings is 2. The quantitative estimate of drug-likeness (QED) is 0.605. The molecule has 1 aromatic heterocycles. The van der Waals surface area contributed by atoms with E-state index in [9.17, 15) is 0 Å². The van der Waals surface area contributed by atoms with Gasteiger partial charge in [-0.1, -0.05) is 24.3 Å². The van der Waals surface area contributed by atoms with E-state index in [2.05, 4.69) is 83.4 Å². The summed E-state index contributed by atoms with van der Waals surface area (Å²) in [6, 6.07) is 15.0. The lowest BCUT2D eigenvalue weighted by Crippen LogP contribution is -2.48. The van der Waals surface area contributed by atoms with Gasteiger partial charge in [-0.15, -0.1) is 5.10 Å². The zero-order valence-electron chi connectivity index (χ0n) is 19.1. The number of anilines is 1. The third-order valence-electron chi connectivity index (χ3n) is 6.28. The Bertz CT molecular complexity index is 1010. The summed E-state index contributed by atoms with van der Waals surface area (Å²) < 4.78 is 7.30. The van der Waals surface area contributed by atoms with Gasteiger partial charge in [0, 0.05) is 31.9 Å². The second kappa shape index (κ2) is 9.06. The molecule has 164 valence electrons. The molecule has 0 N–H and O–H groups in total. The Morgan fingerprint density at radius 1 is 0.935 bits per heavy atom. The van der Waals surface area contributed by atoms with Crippen molar-refractivity contribution in [2.45, 2.75) is 39.8 Å². The standard InChI is InChI=1S/C24H32N6O/c1-17(2)30-24(25-26-27-30)23(20-9-11-21(31-5)12-10-20)29-15-13-28(14-16-29)22-8-6-7-18(3)19(22)4/h6-12,17,23H,13-16H2,1-5H3. The number of hydrogen-bond acceptors (Lipinski definition) is 6. The first-order valence-corrected chi connectivity index (χ1v) is 11.0. The van der Waals surface area contributed by atoms with Gasteiger partial charge in [0.25, 0.3) is 0 Å². The maximum atomic E-state index is 5.37. The summed E-state index contributed by atoms with van der Waals surface area (Å²) >= 11 is 0. The third kappa shape index (κ3) is 4.28. The number of hydrogen-bond donors (Lipinski definition) is 0. The Balaban J connectivity index is 1.62. The van der Waals surface area contributed by atoms with E-state index in [0.29, 0.717) is 0 Å². The maximum absolute atomic E-state index is 5.37. The molecule has 7 heteroatoms.